The molecule has 24 atom stereocenters. The van der Waals surface area contributed by atoms with Crippen LogP contribution < -0.4 is 72.0 Å². The Hall–Kier alpha value is -12.1. The van der Waals surface area contributed by atoms with Gasteiger partial charge in [0.1, 0.15) is 162 Å². The van der Waals surface area contributed by atoms with Crippen LogP contribution in [0.15, 0.2) is 115 Å². The molecule has 8 unspecified atom stereocenters. The van der Waals surface area contributed by atoms with Crippen LogP contribution in [0.3, 0.4) is 0 Å². The molecule has 9 heterocycles. The summed E-state index contributed by atoms with van der Waals surface area (Å²) in [5.41, 5.74) is 2.01. The van der Waals surface area contributed by atoms with Gasteiger partial charge in [0.15, 0.2) is 35.3 Å². The van der Waals surface area contributed by atoms with Crippen LogP contribution in [-0.4, -0.2) is 259 Å². The third-order valence-electron chi connectivity index (χ3n) is 23.5. The minimum absolute atomic E-state index is 0.0571. The number of unbranched alkanes of at least 4 members (excludes halogenated alkanes) is 3. The minimum Gasteiger partial charge on any atom is -0.508 e. The number of nitrogens with two attached hydrogens (primary N) is 1. The molecule has 16 rings (SSSR count). The Morgan fingerprint density at radius 2 is 0.992 bits per heavy atom. The molecule has 8 amide bonds. The minimum atomic E-state index is -2.61. The summed E-state index contributed by atoms with van der Waals surface area (Å²) < 4.78 is 57.3. The predicted molar refractivity (Wildman–Crippen MR) is 454 cm³/mol. The number of aliphatic carboxylic acids is 1. The Bertz CT molecular complexity index is 5600. The molecule has 26 N–H and O–H groups in total. The molecule has 133 heavy (non-hydrogen) atoms. The van der Waals surface area contributed by atoms with Crippen molar-refractivity contribution < 1.29 is 167 Å². The highest BCUT2D eigenvalue weighted by molar-refractivity contribution is 6.32. The zero-order valence-electron chi connectivity index (χ0n) is 70.6. The number of aromatic hydroxyl groups is 4. The Balaban J connectivity index is 1.04. The van der Waals surface area contributed by atoms with Gasteiger partial charge >= 0.3 is 5.97 Å². The highest BCUT2D eigenvalue weighted by Crippen LogP contribution is 2.51. The summed E-state index contributed by atoms with van der Waals surface area (Å²) in [4.78, 5) is 138. The van der Waals surface area contributed by atoms with Crippen molar-refractivity contribution in [3.05, 3.63) is 164 Å². The van der Waals surface area contributed by atoms with Crippen molar-refractivity contribution in [1.29, 1.82) is 0 Å². The second-order valence-electron chi connectivity index (χ2n) is 33.3. The standard InChI is InChI=1S/C88H97Cl2N9O34/c1-32(2)8-6-4-5-7-9-58(108)93-67-74(114)71(111)56(30-101)130-87(67)133-78-53-24-39-25-54(78)127-50-17-13-37(22-46(50)90)77(132-86-66(92-33(3)103)73(113)70(110)55(29-100)129-86)68-84(122)97-64(85(123)124)44-27-41(105)28-52(128-88-76(116)75(115)72(112)57(31-102)131-88)59(44)43-20-35(11-14-47(43)106)61(80(118)99-68)94-82(120)63(39)95-81(119)62-38-18-40(104)26-42(19-38)125-51-23-34(10-15-48(51)107)60(91)79(117)98-65(83(121)96-62)69(109)36-12-16-49(126-53)45(89)21-36/h10-28,32,55-57,60-77,86-88,100-102,104-107,109-116H,4-9,29-31,91H2,1-3H3,(H,92,103)(H,93,108)(H,94,120)(H,95,119)(H,96,121)(H,97,122)(H,98,117)(H,99,118)(H,123,124)/t55-,56-,57+,60?,61?,62?,63?,64+,65?,66-,67-,68?,69?,70+,71+,72+,73+,74+,75+,76-,77?,86-,87-,88-/m0/s1. The molecule has 0 aliphatic carbocycles. The summed E-state index contributed by atoms with van der Waals surface area (Å²) >= 11 is 14.7. The van der Waals surface area contributed by atoms with E-state index >= 15 is 24.0 Å². The lowest BCUT2D eigenvalue weighted by molar-refractivity contribution is -0.284. The number of phenols is 4. The van der Waals surface area contributed by atoms with Gasteiger partial charge in [0.25, 0.3) is 0 Å². The summed E-state index contributed by atoms with van der Waals surface area (Å²) in [5.74, 6) is -20.3. The van der Waals surface area contributed by atoms with E-state index in [1.807, 2.05) is 0 Å². The molecule has 0 spiro atoms. The highest BCUT2D eigenvalue weighted by Gasteiger charge is 2.53. The Kier molecular flexibility index (Phi) is 29.7. The lowest BCUT2D eigenvalue weighted by Gasteiger charge is -2.44. The van der Waals surface area contributed by atoms with E-state index in [-0.39, 0.29) is 17.5 Å². The zero-order valence-corrected chi connectivity index (χ0v) is 72.1. The molecular weight excluding hydrogens is 1800 g/mol. The molecular formula is C88H97Cl2N9O34. The van der Waals surface area contributed by atoms with E-state index in [0.29, 0.717) is 18.8 Å². The molecule has 17 bridgehead atoms. The van der Waals surface area contributed by atoms with Crippen molar-refractivity contribution >= 4 is 76.4 Å². The average Bonchev–Trinajstić information content (AvgIpc) is 0.774. The van der Waals surface area contributed by atoms with E-state index in [2.05, 4.69) is 56.4 Å². The Labute approximate surface area is 764 Å². The quantitative estimate of drug-likeness (QED) is 0.0491. The third kappa shape index (κ3) is 20.8. The van der Waals surface area contributed by atoms with E-state index in [9.17, 15) is 101 Å². The number of halogens is 2. The van der Waals surface area contributed by atoms with Gasteiger partial charge in [-0.3, -0.25) is 38.4 Å². The van der Waals surface area contributed by atoms with Gasteiger partial charge in [-0.05, 0) is 125 Å². The third-order valence-corrected chi connectivity index (χ3v) is 24.1. The molecule has 7 aromatic rings. The number of fused-ring (bicyclic) bond motifs is 14. The van der Waals surface area contributed by atoms with Crippen LogP contribution in [0.2, 0.25) is 10.0 Å². The second kappa shape index (κ2) is 40.8. The first-order valence-electron chi connectivity index (χ1n) is 42.1. The summed E-state index contributed by atoms with van der Waals surface area (Å²) in [5, 5.41) is 202. The number of carbonyl (C=O) groups is 9. The van der Waals surface area contributed by atoms with Gasteiger partial charge in [-0.15, -0.1) is 0 Å². The molecule has 45 heteroatoms. The molecule has 43 nitrogen and oxygen atoms in total. The molecule has 9 aliphatic rings. The SMILES string of the molecule is CC(=O)N[C@@H]1[C@H](OC2c3ccc(c(Cl)c3)Oc3cc4cc(c3O[C@@H]3O[C@@H](CO)[C@@H](O)[C@H](O)[C@@H]3NC(=O)CCCCCCC(C)C)Oc3ccc(cc3Cl)C(O)C3NC(=O)C(N)c5ccc(O)c(c5)Oc5cc(O)cc(c5)C(NC3=O)C(=O)NC4C(=O)NC3C(=O)NC2C(=O)N[C@@H](C(=O)O)c2cc(O)cc(O[C@H]4O[C@H](CO)[C@@H](O)[C@@H](O)[C@@H]4O)c2-c2cc3ccc2O)O[C@@H](CO)[C@@H](O)[C@@H]1O. The number of phenolic OH excluding ortho intramolecular Hbond substituents is 4. The molecule has 0 saturated carbocycles. The maximum Gasteiger partial charge on any atom is 0.330 e. The monoisotopic (exact) mass is 1890 g/mol. The lowest BCUT2D eigenvalue weighted by Crippen LogP contribution is -2.65. The van der Waals surface area contributed by atoms with Gasteiger partial charge in [0.05, 0.1) is 29.9 Å². The largest absolute Gasteiger partial charge is 0.508 e. The fraction of sp³-hybridized carbons (Fsp3) is 0.420. The van der Waals surface area contributed by atoms with E-state index in [1.54, 1.807) is 0 Å². The smallest absolute Gasteiger partial charge is 0.330 e. The van der Waals surface area contributed by atoms with E-state index in [1.165, 1.54) is 6.07 Å². The number of benzene rings is 7. The molecule has 0 aromatic heterocycles. The van der Waals surface area contributed by atoms with Crippen molar-refractivity contribution in [2.75, 3.05) is 19.8 Å². The zero-order chi connectivity index (χ0) is 95.7. The van der Waals surface area contributed by atoms with Gasteiger partial charge in [0.2, 0.25) is 65.6 Å². The maximum absolute atomic E-state index is 17.0. The first-order valence-corrected chi connectivity index (χ1v) is 42.8. The van der Waals surface area contributed by atoms with Gasteiger partial charge in [0, 0.05) is 42.2 Å². The molecule has 3 saturated heterocycles. The van der Waals surface area contributed by atoms with Gasteiger partial charge in [-0.2, -0.15) is 0 Å². The highest BCUT2D eigenvalue weighted by atomic mass is 35.5. The number of amides is 8. The van der Waals surface area contributed by atoms with Crippen LogP contribution in [0.4, 0.5) is 0 Å². The van der Waals surface area contributed by atoms with Crippen LogP contribution in [0, 0.1) is 5.92 Å². The van der Waals surface area contributed by atoms with E-state index in [0.717, 1.165) is 135 Å². The summed E-state index contributed by atoms with van der Waals surface area (Å²) in [6.07, 6.45) is -27.9. The van der Waals surface area contributed by atoms with Gasteiger partial charge in [-0.1, -0.05) is 87.0 Å². The second-order valence-corrected chi connectivity index (χ2v) is 34.1. The number of hydrogen-bond acceptors (Lipinski definition) is 34. The average molecular weight is 1900 g/mol. The normalized spacial score (nSPS) is 29.3. The number of ether oxygens (including phenoxy) is 9. The fourth-order valence-corrected chi connectivity index (χ4v) is 17.0. The molecule has 0 radical (unpaired) electrons. The number of carboxylic acids is 1. The van der Waals surface area contributed by atoms with Crippen LogP contribution in [0.5, 0.6) is 69.0 Å². The van der Waals surface area contributed by atoms with Gasteiger partial charge < -0.3 is 173 Å². The number of aliphatic hydroxyl groups excluding tert-OH is 11. The Morgan fingerprint density at radius 1 is 0.474 bits per heavy atom. The summed E-state index contributed by atoms with van der Waals surface area (Å²) in [6.45, 7) is 1.90. The van der Waals surface area contributed by atoms with Crippen molar-refractivity contribution in [1.82, 2.24) is 42.5 Å². The van der Waals surface area contributed by atoms with Crippen molar-refractivity contribution in [3.63, 3.8) is 0 Å². The van der Waals surface area contributed by atoms with E-state index in [4.69, 9.17) is 71.6 Å². The maximum atomic E-state index is 17.0. The number of hydrogen-bond donors (Lipinski definition) is 25. The topological polar surface area (TPSA) is 683 Å². The first-order chi connectivity index (χ1) is 63.3. The number of carboxylic acid groups (broad SMARTS) is 1. The fourth-order valence-electron chi connectivity index (χ4n) is 16.5. The van der Waals surface area contributed by atoms with Crippen molar-refractivity contribution in [2.24, 2.45) is 11.7 Å². The molecule has 3 fully saturated rings. The predicted octanol–water partition coefficient (Wildman–Crippen LogP) is 0.510. The van der Waals surface area contributed by atoms with Crippen LogP contribution in [-0.2, 0) is 62.1 Å². The van der Waals surface area contributed by atoms with Crippen molar-refractivity contribution in [2.45, 2.75) is 206 Å². The van der Waals surface area contributed by atoms with Crippen LogP contribution in [0.1, 0.15) is 141 Å². The lowest BCUT2D eigenvalue weighted by atomic mass is 9.89. The molecule has 9 aliphatic heterocycles. The van der Waals surface area contributed by atoms with Crippen LogP contribution >= 0.6 is 23.2 Å². The van der Waals surface area contributed by atoms with E-state index < -0.39 is 338 Å². The number of aliphatic hydroxyl groups is 11. The number of carbonyl (C=O) groups excluding carboxylic acids is 8. The summed E-state index contributed by atoms with van der Waals surface area (Å²) in [7, 11) is 0. The summed E-state index contributed by atoms with van der Waals surface area (Å²) in [6, 6.07) is -1.38. The molecule has 712 valence electrons. The van der Waals surface area contributed by atoms with Crippen LogP contribution in [0.25, 0.3) is 11.1 Å². The Morgan fingerprint density at radius 3 is 1.61 bits per heavy atom. The van der Waals surface area contributed by atoms with Crippen molar-refractivity contribution in [3.8, 4) is 80.1 Å². The number of rotatable bonds is 19. The van der Waals surface area contributed by atoms with Gasteiger partial charge in [-0.25, -0.2) is 4.79 Å². The first kappa shape index (κ1) is 96.9. The number of nitrogens with one attached hydrogen (secondary N) is 8. The molecule has 7 aromatic carbocycles.